The number of aliphatic hydroxyl groups is 1. The van der Waals surface area contributed by atoms with Gasteiger partial charge >= 0.3 is 0 Å². The molecule has 3 atom stereocenters. The summed E-state index contributed by atoms with van der Waals surface area (Å²) in [5.74, 6) is 0.00116. The van der Waals surface area contributed by atoms with Crippen LogP contribution in [0.3, 0.4) is 0 Å². The number of aldehydes is 1. The first-order valence-corrected chi connectivity index (χ1v) is 4.14. The number of nitrogens with two attached hydrogens (primary N) is 1. The number of carbonyl (C=O) groups excluding carboxylic acids is 1. The molecular formula is C8H15NO2. The molecule has 3 heteroatoms. The van der Waals surface area contributed by atoms with E-state index in [1.54, 1.807) is 0 Å². The highest BCUT2D eigenvalue weighted by atomic mass is 16.3. The molecule has 3 N–H and O–H groups in total. The van der Waals surface area contributed by atoms with Crippen molar-refractivity contribution in [1.29, 1.82) is 0 Å². The van der Waals surface area contributed by atoms with E-state index >= 15 is 0 Å². The van der Waals surface area contributed by atoms with E-state index in [0.717, 1.165) is 25.7 Å². The maximum atomic E-state index is 10.2. The van der Waals surface area contributed by atoms with Gasteiger partial charge in [-0.05, 0) is 12.8 Å². The smallest absolute Gasteiger partial charge is 0.148 e. The molecule has 64 valence electrons. The lowest BCUT2D eigenvalue weighted by Crippen LogP contribution is -2.40. The Kier molecular flexibility index (Phi) is 3.02. The monoisotopic (exact) mass is 157 g/mol. The van der Waals surface area contributed by atoms with Gasteiger partial charge in [0.05, 0.1) is 0 Å². The van der Waals surface area contributed by atoms with Crippen molar-refractivity contribution in [2.75, 3.05) is 0 Å². The van der Waals surface area contributed by atoms with Gasteiger partial charge in [0, 0.05) is 12.0 Å². The summed E-state index contributed by atoms with van der Waals surface area (Å²) in [7, 11) is 0. The molecule has 0 spiro atoms. The summed E-state index contributed by atoms with van der Waals surface area (Å²) in [4.78, 5) is 10.2. The fourth-order valence-electron chi connectivity index (χ4n) is 1.71. The molecule has 0 aliphatic heterocycles. The number of aliphatic hydroxyl groups excluding tert-OH is 1. The molecule has 0 heterocycles. The zero-order valence-corrected chi connectivity index (χ0v) is 6.57. The average Bonchev–Trinajstić information content (AvgIpc) is 2.04. The van der Waals surface area contributed by atoms with Gasteiger partial charge in [0.25, 0.3) is 0 Å². The van der Waals surface area contributed by atoms with Gasteiger partial charge < -0.3 is 15.6 Å². The van der Waals surface area contributed by atoms with Crippen molar-refractivity contribution >= 4 is 6.29 Å². The zero-order chi connectivity index (χ0) is 8.27. The van der Waals surface area contributed by atoms with Gasteiger partial charge in [0.15, 0.2) is 0 Å². The molecule has 0 unspecified atom stereocenters. The summed E-state index contributed by atoms with van der Waals surface area (Å²) in [5, 5.41) is 9.21. The molecule has 0 aromatic rings. The summed E-state index contributed by atoms with van der Waals surface area (Å²) in [6.07, 6.45) is 3.80. The molecule has 1 saturated carbocycles. The summed E-state index contributed by atoms with van der Waals surface area (Å²) >= 11 is 0. The molecule has 1 rings (SSSR count). The summed E-state index contributed by atoms with van der Waals surface area (Å²) in [5.41, 5.74) is 5.74. The van der Waals surface area contributed by atoms with Crippen molar-refractivity contribution in [3.05, 3.63) is 0 Å². The van der Waals surface area contributed by atoms with Gasteiger partial charge in [0.1, 0.15) is 12.4 Å². The van der Waals surface area contributed by atoms with Crippen LogP contribution in [0, 0.1) is 5.92 Å². The molecular weight excluding hydrogens is 142 g/mol. The lowest BCUT2D eigenvalue weighted by Gasteiger charge is -2.29. The van der Waals surface area contributed by atoms with E-state index in [9.17, 15) is 9.90 Å². The standard InChI is InChI=1S/C8H15NO2/c9-7-4-2-1-3-6(7)8(11)5-10/h5-8,11H,1-4,9H2/t6-,7-,8+/m1/s1. The van der Waals surface area contributed by atoms with Crippen LogP contribution >= 0.6 is 0 Å². The first-order valence-electron chi connectivity index (χ1n) is 4.14. The number of rotatable bonds is 2. The van der Waals surface area contributed by atoms with Gasteiger partial charge in [-0.3, -0.25) is 0 Å². The van der Waals surface area contributed by atoms with E-state index in [-0.39, 0.29) is 12.0 Å². The fourth-order valence-corrected chi connectivity index (χ4v) is 1.71. The van der Waals surface area contributed by atoms with Crippen molar-refractivity contribution in [1.82, 2.24) is 0 Å². The van der Waals surface area contributed by atoms with E-state index in [1.807, 2.05) is 0 Å². The van der Waals surface area contributed by atoms with Crippen molar-refractivity contribution in [3.8, 4) is 0 Å². The minimum Gasteiger partial charge on any atom is -0.385 e. The summed E-state index contributed by atoms with van der Waals surface area (Å²) < 4.78 is 0. The van der Waals surface area contributed by atoms with E-state index in [2.05, 4.69) is 0 Å². The lowest BCUT2D eigenvalue weighted by atomic mass is 9.82. The van der Waals surface area contributed by atoms with Crippen molar-refractivity contribution in [3.63, 3.8) is 0 Å². The third kappa shape index (κ3) is 2.01. The van der Waals surface area contributed by atoms with Gasteiger partial charge in [-0.2, -0.15) is 0 Å². The number of carbonyl (C=O) groups is 1. The van der Waals surface area contributed by atoms with Crippen molar-refractivity contribution in [2.24, 2.45) is 11.7 Å². The van der Waals surface area contributed by atoms with Crippen LogP contribution in [0.25, 0.3) is 0 Å². The Labute approximate surface area is 66.6 Å². The van der Waals surface area contributed by atoms with Crippen LogP contribution in [0.4, 0.5) is 0 Å². The van der Waals surface area contributed by atoms with Crippen LogP contribution in [-0.4, -0.2) is 23.5 Å². The van der Waals surface area contributed by atoms with E-state index in [0.29, 0.717) is 6.29 Å². The molecule has 11 heavy (non-hydrogen) atoms. The first-order chi connectivity index (χ1) is 5.25. The fraction of sp³-hybridized carbons (Fsp3) is 0.875. The molecule has 0 saturated heterocycles. The summed E-state index contributed by atoms with van der Waals surface area (Å²) in [6.45, 7) is 0. The second-order valence-corrected chi connectivity index (χ2v) is 3.24. The van der Waals surface area contributed by atoms with Crippen molar-refractivity contribution < 1.29 is 9.90 Å². The highest BCUT2D eigenvalue weighted by Gasteiger charge is 2.27. The molecule has 0 aromatic carbocycles. The quantitative estimate of drug-likeness (QED) is 0.557. The van der Waals surface area contributed by atoms with Crippen LogP contribution in [0.15, 0.2) is 0 Å². The highest BCUT2D eigenvalue weighted by molar-refractivity contribution is 5.56. The van der Waals surface area contributed by atoms with E-state index in [4.69, 9.17) is 5.73 Å². The molecule has 0 radical (unpaired) electrons. The van der Waals surface area contributed by atoms with Crippen LogP contribution in [0.1, 0.15) is 25.7 Å². The normalized spacial score (nSPS) is 34.7. The lowest BCUT2D eigenvalue weighted by molar-refractivity contribution is -0.118. The highest BCUT2D eigenvalue weighted by Crippen LogP contribution is 2.24. The predicted molar refractivity (Wildman–Crippen MR) is 42.0 cm³/mol. The molecule has 0 bridgehead atoms. The Balaban J connectivity index is 2.46. The van der Waals surface area contributed by atoms with Crippen molar-refractivity contribution in [2.45, 2.75) is 37.8 Å². The Morgan fingerprint density at radius 2 is 2.09 bits per heavy atom. The third-order valence-electron chi connectivity index (χ3n) is 2.45. The minimum absolute atomic E-state index is 0.00116. The maximum Gasteiger partial charge on any atom is 0.148 e. The largest absolute Gasteiger partial charge is 0.385 e. The third-order valence-corrected chi connectivity index (χ3v) is 2.45. The van der Waals surface area contributed by atoms with E-state index < -0.39 is 6.10 Å². The predicted octanol–water partition coefficient (Wildman–Crippen LogP) is 0.0637. The number of hydrogen-bond donors (Lipinski definition) is 2. The minimum atomic E-state index is -0.842. The molecule has 1 aliphatic rings. The SMILES string of the molecule is N[C@@H]1CCCC[C@H]1[C@@H](O)C=O. The second kappa shape index (κ2) is 3.83. The van der Waals surface area contributed by atoms with Gasteiger partial charge in [-0.1, -0.05) is 12.8 Å². The molecule has 1 aliphatic carbocycles. The van der Waals surface area contributed by atoms with Crippen LogP contribution in [0.2, 0.25) is 0 Å². The van der Waals surface area contributed by atoms with Crippen LogP contribution < -0.4 is 5.73 Å². The van der Waals surface area contributed by atoms with Crippen LogP contribution in [0.5, 0.6) is 0 Å². The molecule has 0 aromatic heterocycles. The topological polar surface area (TPSA) is 63.3 Å². The van der Waals surface area contributed by atoms with Gasteiger partial charge in [0.2, 0.25) is 0 Å². The molecule has 3 nitrogen and oxygen atoms in total. The zero-order valence-electron chi connectivity index (χ0n) is 6.57. The second-order valence-electron chi connectivity index (χ2n) is 3.24. The Bertz CT molecular complexity index is 138. The van der Waals surface area contributed by atoms with Crippen LogP contribution in [-0.2, 0) is 4.79 Å². The summed E-state index contributed by atoms with van der Waals surface area (Å²) in [6, 6.07) is 0.0175. The first kappa shape index (κ1) is 8.68. The Hall–Kier alpha value is -0.410. The number of hydrogen-bond acceptors (Lipinski definition) is 3. The Morgan fingerprint density at radius 3 is 2.64 bits per heavy atom. The maximum absolute atomic E-state index is 10.2. The van der Waals surface area contributed by atoms with Gasteiger partial charge in [-0.15, -0.1) is 0 Å². The molecule has 0 amide bonds. The molecule has 1 fully saturated rings. The van der Waals surface area contributed by atoms with Gasteiger partial charge in [-0.25, -0.2) is 0 Å². The van der Waals surface area contributed by atoms with E-state index in [1.165, 1.54) is 0 Å². The average molecular weight is 157 g/mol. The Morgan fingerprint density at radius 1 is 1.45 bits per heavy atom.